The molecule has 1 N–H and O–H groups in total. The number of benzene rings is 2. The average Bonchev–Trinajstić information content (AvgIpc) is 3.41. The molecule has 11 heteroatoms. The van der Waals surface area contributed by atoms with E-state index in [0.717, 1.165) is 18.9 Å². The first-order valence-electron chi connectivity index (χ1n) is 12.0. The number of amides is 1. The van der Waals surface area contributed by atoms with Crippen molar-refractivity contribution in [2.75, 3.05) is 13.2 Å². The lowest BCUT2D eigenvalue weighted by atomic mass is 9.92. The molecule has 1 aliphatic heterocycles. The fourth-order valence-electron chi connectivity index (χ4n) is 4.88. The Morgan fingerprint density at radius 3 is 2.61 bits per heavy atom. The van der Waals surface area contributed by atoms with Gasteiger partial charge in [-0.2, -0.15) is 13.2 Å². The monoisotopic (exact) mass is 545 g/mol. The summed E-state index contributed by atoms with van der Waals surface area (Å²) in [6, 6.07) is 9.42. The largest absolute Gasteiger partial charge is 0.490 e. The van der Waals surface area contributed by atoms with Gasteiger partial charge in [0, 0.05) is 34.8 Å². The van der Waals surface area contributed by atoms with E-state index in [1.165, 1.54) is 47.2 Å². The Morgan fingerprint density at radius 1 is 1.13 bits per heavy atom. The van der Waals surface area contributed by atoms with Crippen molar-refractivity contribution >= 4 is 27.5 Å². The Balaban J connectivity index is 1.34. The van der Waals surface area contributed by atoms with Crippen molar-refractivity contribution in [3.63, 3.8) is 0 Å². The second kappa shape index (κ2) is 9.30. The van der Waals surface area contributed by atoms with Crippen LogP contribution in [0.4, 0.5) is 22.0 Å². The first-order chi connectivity index (χ1) is 18.2. The van der Waals surface area contributed by atoms with E-state index in [2.05, 4.69) is 15.3 Å². The number of pyridine rings is 1. The number of fused-ring (bicyclic) bond motifs is 2. The Labute approximate surface area is 217 Å². The molecule has 6 rings (SSSR count). The number of nitrogens with zero attached hydrogens (tertiary/aromatic N) is 2. The molecule has 1 saturated carbocycles. The van der Waals surface area contributed by atoms with Crippen LogP contribution in [0.15, 0.2) is 48.0 Å². The van der Waals surface area contributed by atoms with Crippen molar-refractivity contribution < 1.29 is 31.5 Å². The molecule has 0 spiro atoms. The number of hydrogen-bond acceptors (Lipinski definition) is 5. The van der Waals surface area contributed by atoms with Gasteiger partial charge in [0.2, 0.25) is 0 Å². The summed E-state index contributed by atoms with van der Waals surface area (Å²) in [7, 11) is 0. The highest BCUT2D eigenvalue weighted by Crippen LogP contribution is 2.50. The molecule has 2 aromatic carbocycles. The van der Waals surface area contributed by atoms with E-state index in [9.17, 15) is 26.7 Å². The van der Waals surface area contributed by atoms with Crippen LogP contribution in [0.5, 0.6) is 5.75 Å². The Morgan fingerprint density at radius 2 is 1.89 bits per heavy atom. The maximum atomic E-state index is 14.4. The number of carbonyl (C=O) groups is 1. The molecule has 2 atom stereocenters. The summed E-state index contributed by atoms with van der Waals surface area (Å²) in [4.78, 5) is 21.5. The molecular weight excluding hydrogens is 525 g/mol. The van der Waals surface area contributed by atoms with Gasteiger partial charge in [0.05, 0.1) is 10.2 Å². The lowest BCUT2D eigenvalue weighted by Crippen LogP contribution is -2.30. The van der Waals surface area contributed by atoms with E-state index in [1.807, 2.05) is 0 Å². The lowest BCUT2D eigenvalue weighted by Gasteiger charge is -2.20. The number of thiazole rings is 1. The van der Waals surface area contributed by atoms with E-state index in [4.69, 9.17) is 4.74 Å². The van der Waals surface area contributed by atoms with Gasteiger partial charge in [-0.1, -0.05) is 0 Å². The summed E-state index contributed by atoms with van der Waals surface area (Å²) in [6.07, 6.45) is -2.84. The predicted molar refractivity (Wildman–Crippen MR) is 131 cm³/mol. The number of aromatic nitrogens is 2. The van der Waals surface area contributed by atoms with Gasteiger partial charge < -0.3 is 10.1 Å². The minimum atomic E-state index is -4.52. The molecule has 0 radical (unpaired) electrons. The fraction of sp³-hybridized carbons (Fsp3) is 0.296. The summed E-state index contributed by atoms with van der Waals surface area (Å²) in [5, 5.41) is 2.81. The number of halogens is 5. The molecule has 3 heterocycles. The van der Waals surface area contributed by atoms with E-state index in [-0.39, 0.29) is 46.5 Å². The zero-order valence-corrected chi connectivity index (χ0v) is 20.5. The smallest absolute Gasteiger partial charge is 0.399 e. The molecule has 1 fully saturated rings. The number of carbonyl (C=O) groups excluding carboxylic acids is 1. The molecule has 4 aromatic rings. The third kappa shape index (κ3) is 4.59. The van der Waals surface area contributed by atoms with E-state index in [0.29, 0.717) is 16.0 Å². The molecule has 196 valence electrons. The zero-order valence-electron chi connectivity index (χ0n) is 19.7. The van der Waals surface area contributed by atoms with Gasteiger partial charge in [0.1, 0.15) is 35.3 Å². The third-order valence-corrected chi connectivity index (χ3v) is 7.79. The van der Waals surface area contributed by atoms with Gasteiger partial charge in [-0.3, -0.25) is 4.79 Å². The molecule has 2 aromatic heterocycles. The molecule has 38 heavy (non-hydrogen) atoms. The maximum absolute atomic E-state index is 14.4. The van der Waals surface area contributed by atoms with Crippen molar-refractivity contribution in [3.05, 3.63) is 76.4 Å². The van der Waals surface area contributed by atoms with Crippen LogP contribution >= 0.6 is 11.3 Å². The van der Waals surface area contributed by atoms with Gasteiger partial charge >= 0.3 is 6.18 Å². The van der Waals surface area contributed by atoms with E-state index < -0.39 is 36.2 Å². The van der Waals surface area contributed by atoms with Crippen molar-refractivity contribution in [1.82, 2.24) is 15.3 Å². The predicted octanol–water partition coefficient (Wildman–Crippen LogP) is 6.60. The maximum Gasteiger partial charge on any atom is 0.399 e. The number of hydrogen-bond donors (Lipinski definition) is 1. The van der Waals surface area contributed by atoms with Crippen LogP contribution in [0.25, 0.3) is 21.5 Å². The molecule has 1 aliphatic carbocycles. The summed E-state index contributed by atoms with van der Waals surface area (Å²) >= 11 is 1.21. The molecule has 2 aliphatic rings. The van der Waals surface area contributed by atoms with E-state index >= 15 is 0 Å². The van der Waals surface area contributed by atoms with Crippen molar-refractivity contribution in [2.24, 2.45) is 5.92 Å². The van der Waals surface area contributed by atoms with Crippen LogP contribution in [0.2, 0.25) is 0 Å². The highest BCUT2D eigenvalue weighted by molar-refractivity contribution is 7.16. The SMILES string of the molecule is O=C(NC[C@H](c1cc2c(c(-c3ccc(F)cc3)n1)OC[C@H]2C(F)(F)F)C1CC1)c1cc(F)c2ncsc2c1. The van der Waals surface area contributed by atoms with Crippen LogP contribution in [0.1, 0.15) is 46.3 Å². The minimum absolute atomic E-state index is 0.0171. The summed E-state index contributed by atoms with van der Waals surface area (Å²) in [5.41, 5.74) is 2.84. The molecule has 5 nitrogen and oxygen atoms in total. The van der Waals surface area contributed by atoms with E-state index in [1.54, 1.807) is 6.07 Å². The van der Waals surface area contributed by atoms with Crippen molar-refractivity contribution in [1.29, 1.82) is 0 Å². The quantitative estimate of drug-likeness (QED) is 0.278. The van der Waals surface area contributed by atoms with Crippen molar-refractivity contribution in [2.45, 2.75) is 30.9 Å². The van der Waals surface area contributed by atoms with Gasteiger partial charge in [0.15, 0.2) is 5.82 Å². The summed E-state index contributed by atoms with van der Waals surface area (Å²) in [6.45, 7) is -0.452. The number of nitrogens with one attached hydrogen (secondary N) is 1. The fourth-order valence-corrected chi connectivity index (χ4v) is 5.61. The molecule has 0 saturated heterocycles. The summed E-state index contributed by atoms with van der Waals surface area (Å²) in [5.74, 6) is -3.61. The highest BCUT2D eigenvalue weighted by atomic mass is 32.1. The van der Waals surface area contributed by atoms with Crippen LogP contribution in [-0.4, -0.2) is 35.2 Å². The zero-order chi connectivity index (χ0) is 26.6. The molecular formula is C27H20F5N3O2S. The Hall–Kier alpha value is -3.60. The average molecular weight is 546 g/mol. The van der Waals surface area contributed by atoms with Crippen molar-refractivity contribution in [3.8, 4) is 17.0 Å². The number of ether oxygens (including phenoxy) is 1. The Bertz CT molecular complexity index is 1530. The Kier molecular flexibility index (Phi) is 6.05. The number of rotatable bonds is 6. The molecule has 1 amide bonds. The van der Waals surface area contributed by atoms with Crippen LogP contribution in [-0.2, 0) is 0 Å². The second-order valence-electron chi connectivity index (χ2n) is 9.54. The minimum Gasteiger partial charge on any atom is -0.490 e. The molecule has 0 bridgehead atoms. The normalized spacial score (nSPS) is 17.8. The molecule has 0 unspecified atom stereocenters. The van der Waals surface area contributed by atoms with Crippen LogP contribution < -0.4 is 10.1 Å². The van der Waals surface area contributed by atoms with Gasteiger partial charge in [-0.15, -0.1) is 11.3 Å². The van der Waals surface area contributed by atoms with Crippen LogP contribution in [0, 0.1) is 17.6 Å². The highest BCUT2D eigenvalue weighted by Gasteiger charge is 2.47. The van der Waals surface area contributed by atoms with Gasteiger partial charge in [-0.05, 0) is 61.2 Å². The van der Waals surface area contributed by atoms with Gasteiger partial charge in [0.25, 0.3) is 5.91 Å². The van der Waals surface area contributed by atoms with Crippen LogP contribution in [0.3, 0.4) is 0 Å². The first kappa shape index (κ1) is 24.7. The third-order valence-electron chi connectivity index (χ3n) is 7.01. The summed E-state index contributed by atoms with van der Waals surface area (Å²) < 4.78 is 75.5. The number of alkyl halides is 3. The lowest BCUT2D eigenvalue weighted by molar-refractivity contribution is -0.151. The van der Waals surface area contributed by atoms with Gasteiger partial charge in [-0.25, -0.2) is 18.7 Å². The first-order valence-corrected chi connectivity index (χ1v) is 12.9. The topological polar surface area (TPSA) is 64.1 Å². The standard InChI is InChI=1S/C27H20F5N3O2S/c28-16-5-3-14(4-6-16)23-25-17(19(11-37-25)27(30,31)32)9-21(35-23)18(13-1-2-13)10-33-26(36)15-7-20(29)24-22(8-15)38-12-34-24/h3-9,12-13,18-19H,1-2,10-11H2,(H,33,36)/t18-,19+/m0/s1. The second-order valence-corrected chi connectivity index (χ2v) is 10.4.